The van der Waals surface area contributed by atoms with Crippen LogP contribution in [-0.4, -0.2) is 46.8 Å². The van der Waals surface area contributed by atoms with Crippen molar-refractivity contribution >= 4 is 5.91 Å². The molecule has 0 unspecified atom stereocenters. The van der Waals surface area contributed by atoms with E-state index in [1.54, 1.807) is 0 Å². The molecule has 3 aliphatic rings. The van der Waals surface area contributed by atoms with Crippen molar-refractivity contribution in [1.82, 2.24) is 15.4 Å². The summed E-state index contributed by atoms with van der Waals surface area (Å²) in [6.45, 7) is 3.34. The molecule has 1 saturated carbocycles. The molecule has 1 aromatic heterocycles. The SMILES string of the molecule is Cc1cc(CN2[C@H](C(=O)NC3CC3)C[C@@H]3OCC[C@@H]32)no1. The standard InChI is InChI=1S/C15H21N3O3/c1-9-6-11(17-21-9)8-18-12-4-5-20-14(12)7-13(18)15(19)16-10-2-3-10/h6,10,12-14H,2-5,7-8H2,1H3,(H,16,19)/t12-,13-,14-/m0/s1. The minimum Gasteiger partial charge on any atom is -0.376 e. The summed E-state index contributed by atoms with van der Waals surface area (Å²) < 4.78 is 10.9. The molecule has 1 N–H and O–H groups in total. The van der Waals surface area contributed by atoms with Crippen LogP contribution in [0.25, 0.3) is 0 Å². The van der Waals surface area contributed by atoms with E-state index < -0.39 is 0 Å². The van der Waals surface area contributed by atoms with E-state index in [4.69, 9.17) is 9.26 Å². The minimum absolute atomic E-state index is 0.0992. The lowest BCUT2D eigenvalue weighted by molar-refractivity contribution is -0.126. The number of fused-ring (bicyclic) bond motifs is 1. The molecule has 1 aliphatic carbocycles. The number of ether oxygens (including phenoxy) is 1. The van der Waals surface area contributed by atoms with Crippen molar-refractivity contribution in [2.45, 2.75) is 63.4 Å². The first-order valence-corrected chi connectivity index (χ1v) is 7.80. The maximum Gasteiger partial charge on any atom is 0.237 e. The largest absolute Gasteiger partial charge is 0.376 e. The van der Waals surface area contributed by atoms with Gasteiger partial charge in [0.1, 0.15) is 5.76 Å². The van der Waals surface area contributed by atoms with Crippen LogP contribution >= 0.6 is 0 Å². The van der Waals surface area contributed by atoms with Crippen LogP contribution in [0.1, 0.15) is 37.1 Å². The second-order valence-electron chi connectivity index (χ2n) is 6.40. The van der Waals surface area contributed by atoms with E-state index in [9.17, 15) is 4.79 Å². The number of nitrogens with one attached hydrogen (secondary N) is 1. The molecule has 1 amide bonds. The zero-order valence-electron chi connectivity index (χ0n) is 12.2. The number of rotatable bonds is 4. The number of hydrogen-bond donors (Lipinski definition) is 1. The van der Waals surface area contributed by atoms with Crippen LogP contribution in [-0.2, 0) is 16.1 Å². The Morgan fingerprint density at radius 2 is 2.33 bits per heavy atom. The molecule has 0 spiro atoms. The molecule has 6 heteroatoms. The monoisotopic (exact) mass is 291 g/mol. The molecule has 3 heterocycles. The van der Waals surface area contributed by atoms with Crippen LogP contribution in [0, 0.1) is 6.92 Å². The highest BCUT2D eigenvalue weighted by Gasteiger charge is 2.48. The molecule has 2 aliphatic heterocycles. The van der Waals surface area contributed by atoms with Crippen LogP contribution in [0.4, 0.5) is 0 Å². The first-order valence-electron chi connectivity index (χ1n) is 7.80. The zero-order valence-corrected chi connectivity index (χ0v) is 12.2. The first-order chi connectivity index (χ1) is 10.2. The Balaban J connectivity index is 1.51. The van der Waals surface area contributed by atoms with Gasteiger partial charge in [-0.1, -0.05) is 5.16 Å². The third-order valence-corrected chi connectivity index (χ3v) is 4.70. The predicted molar refractivity (Wildman–Crippen MR) is 74.5 cm³/mol. The maximum absolute atomic E-state index is 12.5. The van der Waals surface area contributed by atoms with Crippen molar-refractivity contribution in [3.8, 4) is 0 Å². The molecule has 6 nitrogen and oxygen atoms in total. The van der Waals surface area contributed by atoms with E-state index in [1.807, 2.05) is 13.0 Å². The summed E-state index contributed by atoms with van der Waals surface area (Å²) in [5.41, 5.74) is 0.893. The Kier molecular flexibility index (Phi) is 3.23. The average molecular weight is 291 g/mol. The van der Waals surface area contributed by atoms with Gasteiger partial charge in [0, 0.05) is 31.3 Å². The average Bonchev–Trinajstić information content (AvgIpc) is 2.86. The summed E-state index contributed by atoms with van der Waals surface area (Å²) in [5.74, 6) is 0.957. The van der Waals surface area contributed by atoms with Crippen molar-refractivity contribution < 1.29 is 14.1 Å². The van der Waals surface area contributed by atoms with Gasteiger partial charge in [-0.05, 0) is 32.6 Å². The Morgan fingerprint density at radius 3 is 3.05 bits per heavy atom. The summed E-state index contributed by atoms with van der Waals surface area (Å²) in [6, 6.07) is 2.57. The van der Waals surface area contributed by atoms with Gasteiger partial charge in [-0.2, -0.15) is 0 Å². The van der Waals surface area contributed by atoms with Gasteiger partial charge in [0.05, 0.1) is 17.8 Å². The summed E-state index contributed by atoms with van der Waals surface area (Å²) in [7, 11) is 0. The highest BCUT2D eigenvalue weighted by Crippen LogP contribution is 2.35. The van der Waals surface area contributed by atoms with Gasteiger partial charge in [-0.15, -0.1) is 0 Å². The number of aromatic nitrogens is 1. The summed E-state index contributed by atoms with van der Waals surface area (Å²) in [5, 5.41) is 7.20. The number of carbonyl (C=O) groups excluding carboxylic acids is 1. The fourth-order valence-corrected chi connectivity index (χ4v) is 3.52. The van der Waals surface area contributed by atoms with E-state index in [1.165, 1.54) is 0 Å². The Labute approximate surface area is 123 Å². The normalized spacial score (nSPS) is 32.3. The van der Waals surface area contributed by atoms with Crippen molar-refractivity contribution in [3.05, 3.63) is 17.5 Å². The molecule has 2 saturated heterocycles. The zero-order chi connectivity index (χ0) is 14.4. The van der Waals surface area contributed by atoms with Crippen molar-refractivity contribution in [1.29, 1.82) is 0 Å². The molecule has 1 aromatic rings. The fourth-order valence-electron chi connectivity index (χ4n) is 3.52. The van der Waals surface area contributed by atoms with E-state index >= 15 is 0 Å². The van der Waals surface area contributed by atoms with E-state index in [2.05, 4.69) is 15.4 Å². The number of nitrogens with zero attached hydrogens (tertiary/aromatic N) is 2. The van der Waals surface area contributed by atoms with Gasteiger partial charge in [-0.25, -0.2) is 0 Å². The van der Waals surface area contributed by atoms with Crippen molar-refractivity contribution in [2.75, 3.05) is 6.61 Å². The Morgan fingerprint density at radius 1 is 1.48 bits per heavy atom. The Bertz CT molecular complexity index is 540. The van der Waals surface area contributed by atoms with Gasteiger partial charge in [0.2, 0.25) is 5.91 Å². The van der Waals surface area contributed by atoms with Crippen LogP contribution in [0.15, 0.2) is 10.6 Å². The topological polar surface area (TPSA) is 67.6 Å². The third kappa shape index (κ3) is 2.58. The second kappa shape index (κ2) is 5.10. The second-order valence-corrected chi connectivity index (χ2v) is 6.40. The molecule has 114 valence electrons. The van der Waals surface area contributed by atoms with Gasteiger partial charge in [0.25, 0.3) is 0 Å². The van der Waals surface area contributed by atoms with Gasteiger partial charge < -0.3 is 14.6 Å². The maximum atomic E-state index is 12.5. The lowest BCUT2D eigenvalue weighted by atomic mass is 10.1. The minimum atomic E-state index is -0.0992. The number of amides is 1. The molecule has 21 heavy (non-hydrogen) atoms. The third-order valence-electron chi connectivity index (χ3n) is 4.70. The highest BCUT2D eigenvalue weighted by atomic mass is 16.5. The molecule has 0 radical (unpaired) electrons. The van der Waals surface area contributed by atoms with Crippen molar-refractivity contribution in [3.63, 3.8) is 0 Å². The lowest BCUT2D eigenvalue weighted by Crippen LogP contribution is -2.46. The van der Waals surface area contributed by atoms with Crippen molar-refractivity contribution in [2.24, 2.45) is 0 Å². The predicted octanol–water partition coefficient (Wildman–Crippen LogP) is 0.993. The van der Waals surface area contributed by atoms with Gasteiger partial charge >= 0.3 is 0 Å². The molecule has 3 atom stereocenters. The van der Waals surface area contributed by atoms with Gasteiger partial charge in [0.15, 0.2) is 0 Å². The van der Waals surface area contributed by atoms with E-state index in [-0.39, 0.29) is 18.1 Å². The summed E-state index contributed by atoms with van der Waals surface area (Å²) in [6.07, 6.45) is 4.21. The fraction of sp³-hybridized carbons (Fsp3) is 0.733. The molecular formula is C15H21N3O3. The smallest absolute Gasteiger partial charge is 0.237 e. The van der Waals surface area contributed by atoms with Crippen LogP contribution < -0.4 is 5.32 Å². The lowest BCUT2D eigenvalue weighted by Gasteiger charge is -2.27. The number of hydrogen-bond acceptors (Lipinski definition) is 5. The van der Waals surface area contributed by atoms with Crippen LogP contribution in [0.2, 0.25) is 0 Å². The van der Waals surface area contributed by atoms with E-state index in [0.717, 1.165) is 43.7 Å². The number of carbonyl (C=O) groups is 1. The highest BCUT2D eigenvalue weighted by molar-refractivity contribution is 5.82. The molecule has 4 rings (SSSR count). The van der Waals surface area contributed by atoms with Gasteiger partial charge in [-0.3, -0.25) is 9.69 Å². The number of likely N-dealkylation sites (tertiary alicyclic amines) is 1. The summed E-state index contributed by atoms with van der Waals surface area (Å²) >= 11 is 0. The molecule has 0 aromatic carbocycles. The molecular weight excluding hydrogens is 270 g/mol. The van der Waals surface area contributed by atoms with Crippen LogP contribution in [0.5, 0.6) is 0 Å². The first kappa shape index (κ1) is 13.3. The molecule has 0 bridgehead atoms. The van der Waals surface area contributed by atoms with Crippen LogP contribution in [0.3, 0.4) is 0 Å². The molecule has 3 fully saturated rings. The quantitative estimate of drug-likeness (QED) is 0.896. The Hall–Kier alpha value is -1.40. The summed E-state index contributed by atoms with van der Waals surface area (Å²) in [4.78, 5) is 14.7. The van der Waals surface area contributed by atoms with E-state index in [0.29, 0.717) is 18.6 Å². The number of aryl methyl sites for hydroxylation is 1.